The zero-order valence-electron chi connectivity index (χ0n) is 10.3. The summed E-state index contributed by atoms with van der Waals surface area (Å²) in [5.74, 6) is 0. The summed E-state index contributed by atoms with van der Waals surface area (Å²) in [4.78, 5) is 3.53. The Morgan fingerprint density at radius 1 is 1.17 bits per heavy atom. The van der Waals surface area contributed by atoms with Gasteiger partial charge in [0.2, 0.25) is 0 Å². The summed E-state index contributed by atoms with van der Waals surface area (Å²) in [7, 11) is 0.662. The molecule has 1 aromatic heterocycles. The minimum atomic E-state index is -1.40. The van der Waals surface area contributed by atoms with Crippen molar-refractivity contribution in [3.05, 3.63) is 52.2 Å². The summed E-state index contributed by atoms with van der Waals surface area (Å²) in [6, 6.07) is 11.6. The first-order chi connectivity index (χ1) is 8.65. The van der Waals surface area contributed by atoms with Gasteiger partial charge in [0.25, 0.3) is 0 Å². The summed E-state index contributed by atoms with van der Waals surface area (Å²) in [5, 5.41) is 20.3. The van der Waals surface area contributed by atoms with Crippen LogP contribution in [0.3, 0.4) is 0 Å². The quantitative estimate of drug-likeness (QED) is 0.791. The van der Waals surface area contributed by atoms with Crippen molar-refractivity contribution < 1.29 is 10.0 Å². The molecule has 3 nitrogen and oxygen atoms in total. The molecule has 18 heavy (non-hydrogen) atoms. The second-order valence-corrected chi connectivity index (χ2v) is 5.40. The Bertz CT molecular complexity index is 487. The van der Waals surface area contributed by atoms with Gasteiger partial charge < -0.3 is 10.0 Å². The van der Waals surface area contributed by atoms with Gasteiger partial charge in [-0.1, -0.05) is 30.3 Å². The lowest BCUT2D eigenvalue weighted by molar-refractivity contribution is 0.322. The van der Waals surface area contributed by atoms with Crippen molar-refractivity contribution in [2.75, 3.05) is 7.05 Å². The molecule has 0 aliphatic rings. The van der Waals surface area contributed by atoms with Crippen LogP contribution in [0.5, 0.6) is 0 Å². The van der Waals surface area contributed by atoms with Gasteiger partial charge in [-0.3, -0.25) is 4.90 Å². The molecular formula is C13H16BNO2S. The van der Waals surface area contributed by atoms with Crippen molar-refractivity contribution in [3.8, 4) is 0 Å². The second-order valence-electron chi connectivity index (χ2n) is 4.37. The maximum Gasteiger partial charge on any atom is 0.488 e. The SMILES string of the molecule is CN(Cc1cccc(B(O)O)c1)Cc1cccs1. The van der Waals surface area contributed by atoms with Crippen molar-refractivity contribution in [2.24, 2.45) is 0 Å². The van der Waals surface area contributed by atoms with Gasteiger partial charge in [0.15, 0.2) is 0 Å². The molecule has 1 aromatic carbocycles. The van der Waals surface area contributed by atoms with Gasteiger partial charge in [0, 0.05) is 18.0 Å². The van der Waals surface area contributed by atoms with Crippen molar-refractivity contribution in [1.82, 2.24) is 4.90 Å². The Labute approximate surface area is 111 Å². The average Bonchev–Trinajstić information content (AvgIpc) is 2.82. The highest BCUT2D eigenvalue weighted by Gasteiger charge is 2.11. The number of hydrogen-bond donors (Lipinski definition) is 2. The smallest absolute Gasteiger partial charge is 0.423 e. The molecule has 0 aliphatic carbocycles. The summed E-state index contributed by atoms with van der Waals surface area (Å²) >= 11 is 1.75. The molecule has 0 amide bonds. The highest BCUT2D eigenvalue weighted by Crippen LogP contribution is 2.12. The Morgan fingerprint density at radius 3 is 2.67 bits per heavy atom. The number of benzene rings is 1. The number of thiophene rings is 1. The van der Waals surface area contributed by atoms with E-state index >= 15 is 0 Å². The second kappa shape index (κ2) is 6.16. The Balaban J connectivity index is 1.98. The summed E-state index contributed by atoms with van der Waals surface area (Å²) < 4.78 is 0. The van der Waals surface area contributed by atoms with Crippen LogP contribution in [-0.4, -0.2) is 29.1 Å². The average molecular weight is 261 g/mol. The predicted molar refractivity (Wildman–Crippen MR) is 75.8 cm³/mol. The molecule has 2 rings (SSSR count). The predicted octanol–water partition coefficient (Wildman–Crippen LogP) is 1.06. The molecule has 0 bridgehead atoms. The molecule has 1 heterocycles. The minimum Gasteiger partial charge on any atom is -0.423 e. The Hall–Kier alpha value is -1.14. The maximum atomic E-state index is 9.13. The lowest BCUT2D eigenvalue weighted by Gasteiger charge is -2.16. The molecule has 0 saturated carbocycles. The third kappa shape index (κ3) is 3.68. The maximum absolute atomic E-state index is 9.13. The molecule has 2 N–H and O–H groups in total. The van der Waals surface area contributed by atoms with Crippen molar-refractivity contribution >= 4 is 23.9 Å². The highest BCUT2D eigenvalue weighted by atomic mass is 32.1. The van der Waals surface area contributed by atoms with E-state index < -0.39 is 7.12 Å². The lowest BCUT2D eigenvalue weighted by Crippen LogP contribution is -2.30. The fourth-order valence-corrected chi connectivity index (χ4v) is 2.67. The first-order valence-corrected chi connectivity index (χ1v) is 6.69. The number of nitrogens with zero attached hydrogens (tertiary/aromatic N) is 1. The van der Waals surface area contributed by atoms with Crippen LogP contribution < -0.4 is 5.46 Å². The lowest BCUT2D eigenvalue weighted by atomic mass is 9.79. The minimum absolute atomic E-state index is 0.539. The van der Waals surface area contributed by atoms with Crippen molar-refractivity contribution in [1.29, 1.82) is 0 Å². The summed E-state index contributed by atoms with van der Waals surface area (Å²) in [5.41, 5.74) is 1.62. The third-order valence-corrected chi connectivity index (χ3v) is 3.57. The van der Waals surface area contributed by atoms with E-state index in [0.29, 0.717) is 5.46 Å². The van der Waals surface area contributed by atoms with Crippen LogP contribution in [0.4, 0.5) is 0 Å². The van der Waals surface area contributed by atoms with E-state index in [9.17, 15) is 0 Å². The van der Waals surface area contributed by atoms with Gasteiger partial charge in [0.1, 0.15) is 0 Å². The third-order valence-electron chi connectivity index (χ3n) is 2.71. The molecule has 0 aliphatic heterocycles. The van der Waals surface area contributed by atoms with Crippen LogP contribution in [0.1, 0.15) is 10.4 Å². The molecule has 0 saturated heterocycles. The fraction of sp³-hybridized carbons (Fsp3) is 0.231. The van der Waals surface area contributed by atoms with E-state index in [0.717, 1.165) is 18.7 Å². The molecule has 5 heteroatoms. The first kappa shape index (κ1) is 13.3. The summed E-state index contributed by atoms with van der Waals surface area (Å²) in [6.45, 7) is 1.70. The van der Waals surface area contributed by atoms with Crippen LogP contribution in [0.15, 0.2) is 41.8 Å². The molecular weight excluding hydrogens is 245 g/mol. The monoisotopic (exact) mass is 261 g/mol. The van der Waals surface area contributed by atoms with E-state index in [4.69, 9.17) is 10.0 Å². The van der Waals surface area contributed by atoms with Crippen molar-refractivity contribution in [2.45, 2.75) is 13.1 Å². The van der Waals surface area contributed by atoms with E-state index in [1.165, 1.54) is 4.88 Å². The standard InChI is InChI=1S/C13H16BNO2S/c1-15(10-13-6-3-7-18-13)9-11-4-2-5-12(8-11)14(16)17/h2-8,16-17H,9-10H2,1H3. The topological polar surface area (TPSA) is 43.7 Å². The highest BCUT2D eigenvalue weighted by molar-refractivity contribution is 7.09. The normalized spacial score (nSPS) is 10.9. The van der Waals surface area contributed by atoms with Gasteiger partial charge in [-0.15, -0.1) is 11.3 Å². The van der Waals surface area contributed by atoms with Crippen LogP contribution in [-0.2, 0) is 13.1 Å². The van der Waals surface area contributed by atoms with E-state index in [2.05, 4.69) is 29.5 Å². The largest absolute Gasteiger partial charge is 0.488 e. The van der Waals surface area contributed by atoms with Crippen LogP contribution in [0.2, 0.25) is 0 Å². The number of hydrogen-bond acceptors (Lipinski definition) is 4. The van der Waals surface area contributed by atoms with Crippen LogP contribution in [0.25, 0.3) is 0 Å². The van der Waals surface area contributed by atoms with E-state index in [-0.39, 0.29) is 0 Å². The molecule has 0 radical (unpaired) electrons. The van der Waals surface area contributed by atoms with Gasteiger partial charge in [-0.25, -0.2) is 0 Å². The Morgan fingerprint density at radius 2 is 2.00 bits per heavy atom. The van der Waals surface area contributed by atoms with Gasteiger partial charge in [-0.2, -0.15) is 0 Å². The Kier molecular flexibility index (Phi) is 4.55. The first-order valence-electron chi connectivity index (χ1n) is 5.81. The van der Waals surface area contributed by atoms with Gasteiger partial charge >= 0.3 is 7.12 Å². The van der Waals surface area contributed by atoms with E-state index in [1.807, 2.05) is 18.2 Å². The van der Waals surface area contributed by atoms with Crippen molar-refractivity contribution in [3.63, 3.8) is 0 Å². The van der Waals surface area contributed by atoms with Gasteiger partial charge in [0.05, 0.1) is 0 Å². The molecule has 0 atom stereocenters. The fourth-order valence-electron chi connectivity index (χ4n) is 1.89. The zero-order chi connectivity index (χ0) is 13.0. The molecule has 0 spiro atoms. The zero-order valence-corrected chi connectivity index (χ0v) is 11.1. The molecule has 0 unspecified atom stereocenters. The summed E-state index contributed by atoms with van der Waals surface area (Å²) in [6.07, 6.45) is 0. The van der Waals surface area contributed by atoms with Crippen LogP contribution in [0, 0.1) is 0 Å². The molecule has 0 fully saturated rings. The van der Waals surface area contributed by atoms with Crippen LogP contribution >= 0.6 is 11.3 Å². The van der Waals surface area contributed by atoms with E-state index in [1.54, 1.807) is 17.4 Å². The van der Waals surface area contributed by atoms with Gasteiger partial charge in [-0.05, 0) is 29.5 Å². The number of rotatable bonds is 5. The molecule has 94 valence electrons. The molecule has 2 aromatic rings.